The number of nitrogens with zero attached hydrogens (tertiary/aromatic N) is 2. The molecule has 5 nitrogen and oxygen atoms in total. The number of hydrazine groups is 1. The Bertz CT molecular complexity index is 278. The number of hydrogen-bond acceptors (Lipinski definition) is 4. The highest BCUT2D eigenvalue weighted by Gasteiger charge is 2.33. The highest BCUT2D eigenvalue weighted by atomic mass is 16.2. The van der Waals surface area contributed by atoms with E-state index in [1.807, 2.05) is 6.92 Å². The van der Waals surface area contributed by atoms with Gasteiger partial charge in [0.2, 0.25) is 0 Å². The van der Waals surface area contributed by atoms with Crippen LogP contribution in [0.1, 0.15) is 39.0 Å². The molecule has 104 valence electrons. The van der Waals surface area contributed by atoms with Crippen LogP contribution in [0.25, 0.3) is 0 Å². The summed E-state index contributed by atoms with van der Waals surface area (Å²) < 4.78 is 0. The molecule has 0 aromatic carbocycles. The van der Waals surface area contributed by atoms with Gasteiger partial charge >= 0.3 is 0 Å². The molecule has 0 spiro atoms. The number of rotatable bonds is 4. The minimum Gasteiger partial charge on any atom is -0.299 e. The molecule has 2 atom stereocenters. The zero-order chi connectivity index (χ0) is 13.0. The maximum absolute atomic E-state index is 11.7. The molecule has 18 heavy (non-hydrogen) atoms. The fourth-order valence-corrected chi connectivity index (χ4v) is 3.34. The first-order valence-corrected chi connectivity index (χ1v) is 7.24. The molecule has 0 radical (unpaired) electrons. The molecule has 2 saturated heterocycles. The van der Waals surface area contributed by atoms with Crippen molar-refractivity contribution in [3.05, 3.63) is 0 Å². The van der Waals surface area contributed by atoms with E-state index in [1.165, 1.54) is 38.8 Å². The van der Waals surface area contributed by atoms with Crippen LogP contribution >= 0.6 is 0 Å². The van der Waals surface area contributed by atoms with E-state index in [0.717, 1.165) is 19.5 Å². The first-order valence-electron chi connectivity index (χ1n) is 7.24. The van der Waals surface area contributed by atoms with Crippen molar-refractivity contribution in [3.63, 3.8) is 0 Å². The first-order chi connectivity index (χ1) is 8.76. The predicted octanol–water partition coefficient (Wildman–Crippen LogP) is 0.315. The second-order valence-corrected chi connectivity index (χ2v) is 5.47. The van der Waals surface area contributed by atoms with E-state index < -0.39 is 0 Å². The van der Waals surface area contributed by atoms with Crippen molar-refractivity contribution in [1.29, 1.82) is 0 Å². The zero-order valence-electron chi connectivity index (χ0n) is 11.4. The summed E-state index contributed by atoms with van der Waals surface area (Å²) in [5.41, 5.74) is 2.29. The fourth-order valence-electron chi connectivity index (χ4n) is 3.34. The monoisotopic (exact) mass is 254 g/mol. The van der Waals surface area contributed by atoms with Gasteiger partial charge in [-0.3, -0.25) is 20.0 Å². The van der Waals surface area contributed by atoms with Gasteiger partial charge in [0.25, 0.3) is 5.91 Å². The Labute approximate surface area is 110 Å². The second kappa shape index (κ2) is 6.50. The zero-order valence-corrected chi connectivity index (χ0v) is 11.4. The third-order valence-corrected chi connectivity index (χ3v) is 4.37. The predicted molar refractivity (Wildman–Crippen MR) is 71.8 cm³/mol. The molecular weight excluding hydrogens is 228 g/mol. The normalized spacial score (nSPS) is 28.2. The summed E-state index contributed by atoms with van der Waals surface area (Å²) in [5.74, 6) is 5.21. The van der Waals surface area contributed by atoms with E-state index in [9.17, 15) is 4.79 Å². The topological polar surface area (TPSA) is 61.6 Å². The lowest BCUT2D eigenvalue weighted by atomic mass is 10.1. The molecule has 5 heteroatoms. The van der Waals surface area contributed by atoms with Gasteiger partial charge in [-0.15, -0.1) is 0 Å². The Hall–Kier alpha value is -0.650. The minimum absolute atomic E-state index is 0.0446. The number of carbonyl (C=O) groups is 1. The lowest BCUT2D eigenvalue weighted by Gasteiger charge is -2.33. The van der Waals surface area contributed by atoms with Crippen molar-refractivity contribution in [1.82, 2.24) is 15.2 Å². The van der Waals surface area contributed by atoms with Crippen LogP contribution in [-0.2, 0) is 4.79 Å². The summed E-state index contributed by atoms with van der Waals surface area (Å²) in [6.07, 6.45) is 6.05. The standard InChI is InChI=1S/C13H26N4O/c1-2-12(13(18)15-14)17-9-6-11(10-17)16-7-4-3-5-8-16/h11-12H,2-10,14H2,1H3,(H,15,18). The van der Waals surface area contributed by atoms with Crippen LogP contribution in [0.5, 0.6) is 0 Å². The van der Waals surface area contributed by atoms with Crippen LogP contribution < -0.4 is 11.3 Å². The van der Waals surface area contributed by atoms with E-state index in [-0.39, 0.29) is 11.9 Å². The van der Waals surface area contributed by atoms with Crippen molar-refractivity contribution in [2.24, 2.45) is 5.84 Å². The van der Waals surface area contributed by atoms with E-state index in [2.05, 4.69) is 15.2 Å². The Morgan fingerprint density at radius 2 is 2.06 bits per heavy atom. The number of hydrogen-bond donors (Lipinski definition) is 2. The number of nitrogens with two attached hydrogens (primary N) is 1. The number of amides is 1. The number of carbonyl (C=O) groups excluding carboxylic acids is 1. The molecule has 2 rings (SSSR count). The van der Waals surface area contributed by atoms with Gasteiger partial charge in [-0.05, 0) is 38.8 Å². The van der Waals surface area contributed by atoms with Crippen molar-refractivity contribution in [3.8, 4) is 0 Å². The molecule has 3 N–H and O–H groups in total. The summed E-state index contributed by atoms with van der Waals surface area (Å²) in [4.78, 5) is 16.6. The molecule has 2 aliphatic rings. The number of nitrogens with one attached hydrogen (secondary N) is 1. The molecule has 0 aromatic heterocycles. The summed E-state index contributed by atoms with van der Waals surface area (Å²) in [5, 5.41) is 0. The Balaban J connectivity index is 1.88. The summed E-state index contributed by atoms with van der Waals surface area (Å²) in [7, 11) is 0. The van der Waals surface area contributed by atoms with Crippen LogP contribution in [0.4, 0.5) is 0 Å². The van der Waals surface area contributed by atoms with Gasteiger partial charge < -0.3 is 0 Å². The molecule has 0 aromatic rings. The highest BCUT2D eigenvalue weighted by molar-refractivity contribution is 5.81. The smallest absolute Gasteiger partial charge is 0.251 e. The minimum atomic E-state index is -0.0511. The quantitative estimate of drug-likeness (QED) is 0.431. The SMILES string of the molecule is CCC(C(=O)NN)N1CCC(N2CCCCC2)C1. The lowest BCUT2D eigenvalue weighted by molar-refractivity contribution is -0.126. The van der Waals surface area contributed by atoms with E-state index in [1.54, 1.807) is 0 Å². The molecule has 0 aliphatic carbocycles. The van der Waals surface area contributed by atoms with Crippen LogP contribution in [-0.4, -0.2) is 54.0 Å². The molecular formula is C13H26N4O. The first kappa shape index (κ1) is 13.8. The van der Waals surface area contributed by atoms with E-state index >= 15 is 0 Å². The number of piperidine rings is 1. The molecule has 2 unspecified atom stereocenters. The van der Waals surface area contributed by atoms with Gasteiger partial charge in [0.15, 0.2) is 0 Å². The Kier molecular flexibility index (Phi) is 4.97. The maximum Gasteiger partial charge on any atom is 0.251 e. The van der Waals surface area contributed by atoms with Crippen LogP contribution in [0, 0.1) is 0 Å². The highest BCUT2D eigenvalue weighted by Crippen LogP contribution is 2.22. The average molecular weight is 254 g/mol. The van der Waals surface area contributed by atoms with Crippen molar-refractivity contribution in [2.45, 2.75) is 51.1 Å². The van der Waals surface area contributed by atoms with Crippen LogP contribution in [0.15, 0.2) is 0 Å². The third-order valence-electron chi connectivity index (χ3n) is 4.37. The summed E-state index contributed by atoms with van der Waals surface area (Å²) in [6.45, 7) is 6.56. The molecule has 2 aliphatic heterocycles. The summed E-state index contributed by atoms with van der Waals surface area (Å²) in [6, 6.07) is 0.592. The summed E-state index contributed by atoms with van der Waals surface area (Å²) >= 11 is 0. The van der Waals surface area contributed by atoms with Crippen LogP contribution in [0.3, 0.4) is 0 Å². The van der Waals surface area contributed by atoms with Crippen molar-refractivity contribution >= 4 is 5.91 Å². The van der Waals surface area contributed by atoms with Crippen LogP contribution in [0.2, 0.25) is 0 Å². The van der Waals surface area contributed by atoms with Gasteiger partial charge in [-0.25, -0.2) is 5.84 Å². The fraction of sp³-hybridized carbons (Fsp3) is 0.923. The molecule has 0 bridgehead atoms. The van der Waals surface area contributed by atoms with Crippen molar-refractivity contribution in [2.75, 3.05) is 26.2 Å². The van der Waals surface area contributed by atoms with Gasteiger partial charge in [0.05, 0.1) is 6.04 Å². The number of likely N-dealkylation sites (tertiary alicyclic amines) is 2. The molecule has 1 amide bonds. The molecule has 0 saturated carbocycles. The average Bonchev–Trinajstić information content (AvgIpc) is 2.90. The second-order valence-electron chi connectivity index (χ2n) is 5.47. The van der Waals surface area contributed by atoms with Gasteiger partial charge in [0, 0.05) is 19.1 Å². The molecule has 2 fully saturated rings. The van der Waals surface area contributed by atoms with Crippen molar-refractivity contribution < 1.29 is 4.79 Å². The van der Waals surface area contributed by atoms with Gasteiger partial charge in [-0.1, -0.05) is 13.3 Å². The van der Waals surface area contributed by atoms with E-state index in [0.29, 0.717) is 6.04 Å². The third kappa shape index (κ3) is 3.02. The largest absolute Gasteiger partial charge is 0.299 e. The lowest BCUT2D eigenvalue weighted by Crippen LogP contribution is -2.49. The van der Waals surface area contributed by atoms with E-state index in [4.69, 9.17) is 5.84 Å². The maximum atomic E-state index is 11.7. The van der Waals surface area contributed by atoms with Gasteiger partial charge in [0.1, 0.15) is 0 Å². The van der Waals surface area contributed by atoms with Gasteiger partial charge in [-0.2, -0.15) is 0 Å². The molecule has 2 heterocycles. The Morgan fingerprint density at radius 1 is 1.33 bits per heavy atom. The Morgan fingerprint density at radius 3 is 2.67 bits per heavy atom.